The summed E-state index contributed by atoms with van der Waals surface area (Å²) in [5, 5.41) is 0. The molecule has 0 spiro atoms. The summed E-state index contributed by atoms with van der Waals surface area (Å²) < 4.78 is 19.7. The van der Waals surface area contributed by atoms with Crippen LogP contribution in [0, 0.1) is 0 Å². The second-order valence-corrected chi connectivity index (χ2v) is 4.94. The Kier molecular flexibility index (Phi) is 10.3. The fourth-order valence-electron chi connectivity index (χ4n) is 1.30. The Morgan fingerprint density at radius 2 is 1.56 bits per heavy atom. The van der Waals surface area contributed by atoms with Gasteiger partial charge in [0, 0.05) is 6.61 Å². The Bertz CT molecular complexity index is 192. The molecule has 0 aliphatic carbocycles. The molecule has 0 fully saturated rings. The van der Waals surface area contributed by atoms with Crippen LogP contribution in [0.5, 0.6) is 0 Å². The summed E-state index contributed by atoms with van der Waals surface area (Å²) in [6.07, 6.45) is 7.19. The van der Waals surface area contributed by atoms with E-state index in [1.54, 1.807) is 0 Å². The Labute approximate surface area is 97.4 Å². The van der Waals surface area contributed by atoms with Gasteiger partial charge in [-0.15, -0.1) is 0 Å². The minimum Gasteiger partial charge on any atom is -0.379 e. The summed E-state index contributed by atoms with van der Waals surface area (Å²) in [7, 11) is -4.32. The van der Waals surface area contributed by atoms with Crippen LogP contribution < -0.4 is 0 Å². The molecule has 0 aromatic rings. The molecule has 16 heavy (non-hydrogen) atoms. The number of phosphoric acid groups is 1. The van der Waals surface area contributed by atoms with Crippen molar-refractivity contribution in [3.05, 3.63) is 0 Å². The van der Waals surface area contributed by atoms with Crippen molar-refractivity contribution in [2.24, 2.45) is 0 Å². The summed E-state index contributed by atoms with van der Waals surface area (Å²) in [5.41, 5.74) is 0. The molecule has 0 aromatic carbocycles. The van der Waals surface area contributed by atoms with E-state index in [1.165, 1.54) is 25.7 Å². The van der Waals surface area contributed by atoms with Crippen molar-refractivity contribution in [2.45, 2.75) is 45.4 Å². The standard InChI is InChI=1S/C10H23O5P/c1-2-3-4-5-6-7-8-14-9-10-15-16(11,12)13/h2-10H2,1H3,(H2,11,12,13). The van der Waals surface area contributed by atoms with Crippen molar-refractivity contribution >= 4 is 7.82 Å². The number of unbranched alkanes of at least 4 members (excludes halogenated alkanes) is 5. The third-order valence-electron chi connectivity index (χ3n) is 2.13. The molecule has 0 amide bonds. The van der Waals surface area contributed by atoms with Crippen LogP contribution in [0.15, 0.2) is 0 Å². The van der Waals surface area contributed by atoms with E-state index >= 15 is 0 Å². The minimum absolute atomic E-state index is 0.0554. The van der Waals surface area contributed by atoms with Gasteiger partial charge in [0.1, 0.15) is 0 Å². The lowest BCUT2D eigenvalue weighted by Crippen LogP contribution is -2.04. The van der Waals surface area contributed by atoms with Crippen LogP contribution in [-0.4, -0.2) is 29.6 Å². The Morgan fingerprint density at radius 3 is 2.19 bits per heavy atom. The summed E-state index contributed by atoms with van der Waals surface area (Å²) in [4.78, 5) is 16.7. The second kappa shape index (κ2) is 10.2. The largest absolute Gasteiger partial charge is 0.469 e. The van der Waals surface area contributed by atoms with Crippen LogP contribution in [0.3, 0.4) is 0 Å². The average molecular weight is 254 g/mol. The van der Waals surface area contributed by atoms with Crippen molar-refractivity contribution < 1.29 is 23.6 Å². The predicted octanol–water partition coefficient (Wildman–Crippen LogP) is 2.47. The van der Waals surface area contributed by atoms with Gasteiger partial charge in [-0.3, -0.25) is 4.52 Å². The van der Waals surface area contributed by atoms with Crippen LogP contribution in [0.25, 0.3) is 0 Å². The number of ether oxygens (including phenoxy) is 1. The molecule has 0 rings (SSSR count). The molecule has 5 nitrogen and oxygen atoms in total. The Morgan fingerprint density at radius 1 is 0.938 bits per heavy atom. The topological polar surface area (TPSA) is 76.0 Å². The first-order chi connectivity index (χ1) is 7.56. The fraction of sp³-hybridized carbons (Fsp3) is 1.00. The molecule has 0 radical (unpaired) electrons. The monoisotopic (exact) mass is 254 g/mol. The highest BCUT2D eigenvalue weighted by molar-refractivity contribution is 7.46. The molecule has 2 N–H and O–H groups in total. The van der Waals surface area contributed by atoms with Crippen molar-refractivity contribution in [1.82, 2.24) is 0 Å². The number of hydrogen-bond acceptors (Lipinski definition) is 3. The van der Waals surface area contributed by atoms with Gasteiger partial charge in [0.2, 0.25) is 0 Å². The summed E-state index contributed by atoms with van der Waals surface area (Å²) >= 11 is 0. The maximum Gasteiger partial charge on any atom is 0.469 e. The zero-order valence-corrected chi connectivity index (χ0v) is 10.8. The zero-order valence-electron chi connectivity index (χ0n) is 9.93. The fourth-order valence-corrected chi connectivity index (χ4v) is 1.61. The van der Waals surface area contributed by atoms with Gasteiger partial charge in [-0.25, -0.2) is 4.57 Å². The van der Waals surface area contributed by atoms with Gasteiger partial charge >= 0.3 is 7.82 Å². The van der Waals surface area contributed by atoms with Crippen molar-refractivity contribution in [3.8, 4) is 0 Å². The highest BCUT2D eigenvalue weighted by Crippen LogP contribution is 2.35. The normalized spacial score (nSPS) is 11.9. The summed E-state index contributed by atoms with van der Waals surface area (Å²) in [5.74, 6) is 0. The van der Waals surface area contributed by atoms with E-state index in [0.717, 1.165) is 12.8 Å². The highest BCUT2D eigenvalue weighted by Gasteiger charge is 2.12. The van der Waals surface area contributed by atoms with Crippen LogP contribution in [-0.2, 0) is 13.8 Å². The number of phosphoric ester groups is 1. The van der Waals surface area contributed by atoms with Crippen molar-refractivity contribution in [3.63, 3.8) is 0 Å². The molecular weight excluding hydrogens is 231 g/mol. The molecule has 0 saturated carbocycles. The lowest BCUT2D eigenvalue weighted by atomic mass is 10.1. The molecule has 0 saturated heterocycles. The molecule has 98 valence electrons. The Hall–Kier alpha value is 0.0700. The first kappa shape index (κ1) is 16.1. The smallest absolute Gasteiger partial charge is 0.379 e. The molecule has 6 heteroatoms. The molecular formula is C10H23O5P. The van der Waals surface area contributed by atoms with Gasteiger partial charge in [0.25, 0.3) is 0 Å². The Balaban J connectivity index is 3.02. The molecule has 0 atom stereocenters. The van der Waals surface area contributed by atoms with Gasteiger partial charge in [-0.2, -0.15) is 0 Å². The molecule has 0 aromatic heterocycles. The van der Waals surface area contributed by atoms with Gasteiger partial charge in [0.05, 0.1) is 13.2 Å². The second-order valence-electron chi connectivity index (χ2n) is 3.70. The highest BCUT2D eigenvalue weighted by atomic mass is 31.2. The molecule has 0 aliphatic heterocycles. The molecule has 0 bridgehead atoms. The summed E-state index contributed by atoms with van der Waals surface area (Å²) in [6.45, 7) is 3.00. The molecule has 0 aliphatic rings. The average Bonchev–Trinajstić information content (AvgIpc) is 2.19. The molecule has 0 heterocycles. The lowest BCUT2D eigenvalue weighted by molar-refractivity contribution is 0.0831. The minimum atomic E-state index is -4.32. The van der Waals surface area contributed by atoms with Crippen LogP contribution in [0.4, 0.5) is 0 Å². The van der Waals surface area contributed by atoms with E-state index in [0.29, 0.717) is 6.61 Å². The maximum atomic E-state index is 10.3. The first-order valence-corrected chi connectivity index (χ1v) is 7.37. The molecule has 0 unspecified atom stereocenters. The van der Waals surface area contributed by atoms with Gasteiger partial charge in [-0.1, -0.05) is 39.0 Å². The third-order valence-corrected chi connectivity index (χ3v) is 2.65. The van der Waals surface area contributed by atoms with Gasteiger partial charge in [-0.05, 0) is 6.42 Å². The van der Waals surface area contributed by atoms with E-state index in [-0.39, 0.29) is 13.2 Å². The number of hydrogen-bond donors (Lipinski definition) is 2. The van der Waals surface area contributed by atoms with E-state index in [2.05, 4.69) is 11.4 Å². The SMILES string of the molecule is CCCCCCCCOCCOP(=O)(O)O. The first-order valence-electron chi connectivity index (χ1n) is 5.84. The third kappa shape index (κ3) is 14.1. The quantitative estimate of drug-likeness (QED) is 0.437. The van der Waals surface area contributed by atoms with E-state index < -0.39 is 7.82 Å². The van der Waals surface area contributed by atoms with Gasteiger partial charge < -0.3 is 14.5 Å². The van der Waals surface area contributed by atoms with E-state index in [9.17, 15) is 4.57 Å². The zero-order chi connectivity index (χ0) is 12.3. The number of rotatable bonds is 11. The maximum absolute atomic E-state index is 10.3. The van der Waals surface area contributed by atoms with Crippen molar-refractivity contribution in [1.29, 1.82) is 0 Å². The van der Waals surface area contributed by atoms with Crippen LogP contribution in [0.2, 0.25) is 0 Å². The van der Waals surface area contributed by atoms with Gasteiger partial charge in [0.15, 0.2) is 0 Å². The van der Waals surface area contributed by atoms with Crippen molar-refractivity contribution in [2.75, 3.05) is 19.8 Å². The lowest BCUT2D eigenvalue weighted by Gasteiger charge is -2.06. The van der Waals surface area contributed by atoms with Crippen LogP contribution in [0.1, 0.15) is 45.4 Å². The van der Waals surface area contributed by atoms with E-state index in [1.807, 2.05) is 0 Å². The van der Waals surface area contributed by atoms with Crippen LogP contribution >= 0.6 is 7.82 Å². The van der Waals surface area contributed by atoms with E-state index in [4.69, 9.17) is 14.5 Å². The predicted molar refractivity (Wildman–Crippen MR) is 62.2 cm³/mol. The summed E-state index contributed by atoms with van der Waals surface area (Å²) in [6, 6.07) is 0.